The number of halogens is 1. The van der Waals surface area contributed by atoms with Crippen molar-refractivity contribution < 1.29 is 4.39 Å². The van der Waals surface area contributed by atoms with E-state index in [1.807, 2.05) is 55.5 Å². The predicted octanol–water partition coefficient (Wildman–Crippen LogP) is 4.44. The van der Waals surface area contributed by atoms with Crippen LogP contribution in [0.2, 0.25) is 0 Å². The fourth-order valence-corrected chi connectivity index (χ4v) is 2.24. The van der Waals surface area contributed by atoms with Gasteiger partial charge in [0.25, 0.3) is 0 Å². The molecular formula is C15H11F. The lowest BCUT2D eigenvalue weighted by Gasteiger charge is -2.07. The highest BCUT2D eigenvalue weighted by Gasteiger charge is 2.08. The van der Waals surface area contributed by atoms with Crippen molar-refractivity contribution in [3.05, 3.63) is 59.9 Å². The second kappa shape index (κ2) is 3.31. The molecule has 0 radical (unpaired) electrons. The Balaban J connectivity index is 2.62. The van der Waals surface area contributed by atoms with Gasteiger partial charge in [0.1, 0.15) is 5.82 Å². The molecule has 0 N–H and O–H groups in total. The first-order chi connectivity index (χ1) is 7.77. The van der Waals surface area contributed by atoms with Crippen molar-refractivity contribution in [3.63, 3.8) is 0 Å². The first kappa shape index (κ1) is 9.34. The fourth-order valence-electron chi connectivity index (χ4n) is 2.24. The highest BCUT2D eigenvalue weighted by atomic mass is 19.1. The van der Waals surface area contributed by atoms with Crippen molar-refractivity contribution in [2.75, 3.05) is 0 Å². The lowest BCUT2D eigenvalue weighted by Crippen LogP contribution is -1.86. The number of aryl methyl sites for hydroxylation is 1. The van der Waals surface area contributed by atoms with Gasteiger partial charge in [0.15, 0.2) is 0 Å². The summed E-state index contributed by atoms with van der Waals surface area (Å²) < 4.78 is 14.3. The minimum absolute atomic E-state index is 0.105. The van der Waals surface area contributed by atoms with Gasteiger partial charge in [-0.05, 0) is 29.3 Å². The van der Waals surface area contributed by atoms with E-state index in [9.17, 15) is 4.39 Å². The molecule has 3 aromatic carbocycles. The Morgan fingerprint density at radius 2 is 1.62 bits per heavy atom. The van der Waals surface area contributed by atoms with Crippen LogP contribution in [0.15, 0.2) is 48.5 Å². The van der Waals surface area contributed by atoms with Crippen LogP contribution in [0.1, 0.15) is 5.56 Å². The number of hydrogen-bond donors (Lipinski definition) is 0. The van der Waals surface area contributed by atoms with Crippen molar-refractivity contribution >= 4 is 21.5 Å². The zero-order chi connectivity index (χ0) is 11.1. The van der Waals surface area contributed by atoms with Gasteiger partial charge in [-0.15, -0.1) is 0 Å². The Hall–Kier alpha value is -1.89. The van der Waals surface area contributed by atoms with Gasteiger partial charge in [0, 0.05) is 10.8 Å². The molecule has 0 atom stereocenters. The van der Waals surface area contributed by atoms with Crippen molar-refractivity contribution in [2.24, 2.45) is 0 Å². The summed E-state index contributed by atoms with van der Waals surface area (Å²) in [5.74, 6) is -0.105. The lowest BCUT2D eigenvalue weighted by molar-refractivity contribution is 0.651. The fraction of sp³-hybridized carbons (Fsp3) is 0.0667. The van der Waals surface area contributed by atoms with Gasteiger partial charge >= 0.3 is 0 Å². The third-order valence-electron chi connectivity index (χ3n) is 3.03. The normalized spacial score (nSPS) is 11.1. The maximum absolute atomic E-state index is 14.3. The second-order valence-corrected chi connectivity index (χ2v) is 4.08. The summed E-state index contributed by atoms with van der Waals surface area (Å²) in [7, 11) is 0. The molecule has 0 aromatic heterocycles. The molecule has 78 valence electrons. The van der Waals surface area contributed by atoms with Crippen LogP contribution in [0, 0.1) is 12.7 Å². The monoisotopic (exact) mass is 210 g/mol. The van der Waals surface area contributed by atoms with Crippen LogP contribution in [0.5, 0.6) is 0 Å². The van der Waals surface area contributed by atoms with E-state index >= 15 is 0 Å². The van der Waals surface area contributed by atoms with Crippen LogP contribution in [-0.2, 0) is 0 Å². The molecule has 0 aliphatic rings. The molecule has 0 aliphatic carbocycles. The van der Waals surface area contributed by atoms with Gasteiger partial charge < -0.3 is 0 Å². The molecule has 3 aromatic rings. The Kier molecular flexibility index (Phi) is 1.93. The summed E-state index contributed by atoms with van der Waals surface area (Å²) in [5, 5.41) is 3.36. The largest absolute Gasteiger partial charge is 0.206 e. The van der Waals surface area contributed by atoms with E-state index < -0.39 is 0 Å². The van der Waals surface area contributed by atoms with Crippen LogP contribution in [0.3, 0.4) is 0 Å². The molecule has 3 rings (SSSR count). The van der Waals surface area contributed by atoms with Crippen LogP contribution in [0.25, 0.3) is 21.5 Å². The molecule has 0 spiro atoms. The van der Waals surface area contributed by atoms with Gasteiger partial charge in [0.05, 0.1) is 0 Å². The van der Waals surface area contributed by atoms with Gasteiger partial charge in [-0.3, -0.25) is 0 Å². The molecule has 0 saturated heterocycles. The summed E-state index contributed by atoms with van der Waals surface area (Å²) in [6, 6.07) is 15.5. The lowest BCUT2D eigenvalue weighted by atomic mass is 10.00. The number of hydrogen-bond acceptors (Lipinski definition) is 0. The average Bonchev–Trinajstić information content (AvgIpc) is 2.29. The molecule has 0 fully saturated rings. The molecule has 0 aliphatic heterocycles. The van der Waals surface area contributed by atoms with E-state index in [1.165, 1.54) is 0 Å². The quantitative estimate of drug-likeness (QED) is 0.481. The molecule has 0 amide bonds. The van der Waals surface area contributed by atoms with Gasteiger partial charge in [0.2, 0.25) is 0 Å². The van der Waals surface area contributed by atoms with Crippen LogP contribution in [-0.4, -0.2) is 0 Å². The molecule has 0 saturated carbocycles. The Labute approximate surface area is 93.3 Å². The summed E-state index contributed by atoms with van der Waals surface area (Å²) in [4.78, 5) is 0. The van der Waals surface area contributed by atoms with E-state index in [0.717, 1.165) is 21.7 Å². The third kappa shape index (κ3) is 1.21. The van der Waals surface area contributed by atoms with Gasteiger partial charge in [-0.1, -0.05) is 42.5 Å². The Bertz CT molecular complexity index is 683. The molecule has 0 bridgehead atoms. The molecule has 0 nitrogen and oxygen atoms in total. The number of fused-ring (bicyclic) bond motifs is 2. The van der Waals surface area contributed by atoms with Crippen molar-refractivity contribution in [3.8, 4) is 0 Å². The van der Waals surface area contributed by atoms with Crippen LogP contribution in [0.4, 0.5) is 4.39 Å². The minimum Gasteiger partial charge on any atom is -0.206 e. The van der Waals surface area contributed by atoms with Crippen LogP contribution >= 0.6 is 0 Å². The van der Waals surface area contributed by atoms with Gasteiger partial charge in [-0.25, -0.2) is 4.39 Å². The first-order valence-electron chi connectivity index (χ1n) is 5.34. The highest BCUT2D eigenvalue weighted by Crippen LogP contribution is 2.28. The molecule has 16 heavy (non-hydrogen) atoms. The summed E-state index contributed by atoms with van der Waals surface area (Å²) in [6.45, 7) is 1.94. The molecular weight excluding hydrogens is 199 g/mol. The smallest absolute Gasteiger partial charge is 0.139 e. The SMILES string of the molecule is Cc1cccc2cc3ccccc3c(F)c12. The Morgan fingerprint density at radius 3 is 2.50 bits per heavy atom. The number of benzene rings is 3. The zero-order valence-electron chi connectivity index (χ0n) is 9.00. The minimum atomic E-state index is -0.105. The van der Waals surface area contributed by atoms with E-state index in [2.05, 4.69) is 0 Å². The first-order valence-corrected chi connectivity index (χ1v) is 5.34. The Morgan fingerprint density at radius 1 is 0.875 bits per heavy atom. The zero-order valence-corrected chi connectivity index (χ0v) is 9.00. The number of rotatable bonds is 0. The third-order valence-corrected chi connectivity index (χ3v) is 3.03. The second-order valence-electron chi connectivity index (χ2n) is 4.08. The topological polar surface area (TPSA) is 0 Å². The molecule has 1 heteroatoms. The molecule has 0 unspecified atom stereocenters. The van der Waals surface area contributed by atoms with E-state index in [-0.39, 0.29) is 5.82 Å². The summed E-state index contributed by atoms with van der Waals surface area (Å²) in [6.07, 6.45) is 0. The highest BCUT2D eigenvalue weighted by molar-refractivity contribution is 6.00. The maximum Gasteiger partial charge on any atom is 0.139 e. The van der Waals surface area contributed by atoms with E-state index in [0.29, 0.717) is 5.39 Å². The maximum atomic E-state index is 14.3. The predicted molar refractivity (Wildman–Crippen MR) is 66.1 cm³/mol. The van der Waals surface area contributed by atoms with E-state index in [1.54, 1.807) is 0 Å². The van der Waals surface area contributed by atoms with Crippen molar-refractivity contribution in [2.45, 2.75) is 6.92 Å². The van der Waals surface area contributed by atoms with E-state index in [4.69, 9.17) is 0 Å². The average molecular weight is 210 g/mol. The van der Waals surface area contributed by atoms with Crippen molar-refractivity contribution in [1.29, 1.82) is 0 Å². The summed E-state index contributed by atoms with van der Waals surface area (Å²) in [5.41, 5.74) is 0.987. The summed E-state index contributed by atoms with van der Waals surface area (Å²) >= 11 is 0. The molecule has 0 heterocycles. The standard InChI is InChI=1S/C15H11F/c1-10-5-4-7-12-9-11-6-2-3-8-13(11)15(16)14(10)12/h2-9H,1H3. The van der Waals surface area contributed by atoms with Gasteiger partial charge in [-0.2, -0.15) is 0 Å². The van der Waals surface area contributed by atoms with Crippen LogP contribution < -0.4 is 0 Å². The van der Waals surface area contributed by atoms with Crippen molar-refractivity contribution in [1.82, 2.24) is 0 Å².